The molecule has 0 aromatic heterocycles. The van der Waals surface area contributed by atoms with Gasteiger partial charge in [-0.3, -0.25) is 0 Å². The Kier molecular flexibility index (Phi) is 4.96. The van der Waals surface area contributed by atoms with Crippen LogP contribution in [0.2, 0.25) is 0 Å². The van der Waals surface area contributed by atoms with Crippen molar-refractivity contribution in [1.82, 2.24) is 0 Å². The molecular weight excluding hydrogens is 200 g/mol. The molecule has 0 aromatic carbocycles. The van der Waals surface area contributed by atoms with Crippen molar-refractivity contribution in [2.45, 2.75) is 59.2 Å². The fraction of sp³-hybridized carbons (Fsp3) is 0.714. The highest BCUT2D eigenvalue weighted by atomic mass is 16.3. The second kappa shape index (κ2) is 5.15. The molecule has 0 saturated heterocycles. The van der Waals surface area contributed by atoms with Gasteiger partial charge in [0.05, 0.1) is 11.2 Å². The number of rotatable bonds is 1. The van der Waals surface area contributed by atoms with E-state index in [4.69, 9.17) is 10.2 Å². The summed E-state index contributed by atoms with van der Waals surface area (Å²) in [6.07, 6.45) is 9.85. The van der Waals surface area contributed by atoms with E-state index in [0.717, 1.165) is 0 Å². The number of aliphatic hydroxyl groups is 2. The molecule has 0 aliphatic heterocycles. The minimum atomic E-state index is -1.01. The normalized spacial score (nSPS) is 19.0. The summed E-state index contributed by atoms with van der Waals surface area (Å²) in [6.45, 7) is 10.8. The maximum atomic E-state index is 9.10. The minimum Gasteiger partial charge on any atom is -0.387 e. The maximum Gasteiger partial charge on any atom is 0.0872 e. The van der Waals surface area contributed by atoms with Crippen LogP contribution in [0.4, 0.5) is 0 Å². The first-order valence-electron chi connectivity index (χ1n) is 5.75. The SMILES string of the molecule is CC(C)(O)C(C)(C)O.CC1(C)C=CC=CC1. The molecule has 0 aromatic rings. The molecule has 0 atom stereocenters. The lowest BCUT2D eigenvalue weighted by molar-refractivity contribution is -0.107. The number of hydrogen-bond donors (Lipinski definition) is 2. The first kappa shape index (κ1) is 15.4. The van der Waals surface area contributed by atoms with E-state index >= 15 is 0 Å². The quantitative estimate of drug-likeness (QED) is 0.721. The van der Waals surface area contributed by atoms with Gasteiger partial charge in [-0.25, -0.2) is 0 Å². The van der Waals surface area contributed by atoms with Crippen molar-refractivity contribution < 1.29 is 10.2 Å². The van der Waals surface area contributed by atoms with Gasteiger partial charge in [-0.2, -0.15) is 0 Å². The van der Waals surface area contributed by atoms with Crippen LogP contribution in [0.3, 0.4) is 0 Å². The van der Waals surface area contributed by atoms with Crippen molar-refractivity contribution in [1.29, 1.82) is 0 Å². The van der Waals surface area contributed by atoms with Gasteiger partial charge in [-0.15, -0.1) is 0 Å². The van der Waals surface area contributed by atoms with Crippen molar-refractivity contribution in [3.63, 3.8) is 0 Å². The molecule has 1 rings (SSSR count). The molecule has 1 aliphatic rings. The van der Waals surface area contributed by atoms with E-state index in [2.05, 4.69) is 38.2 Å². The van der Waals surface area contributed by atoms with E-state index in [0.29, 0.717) is 5.41 Å². The van der Waals surface area contributed by atoms with Gasteiger partial charge in [0, 0.05) is 0 Å². The standard InChI is InChI=1S/C8H12.C6H14O2/c1-8(2)6-4-3-5-7-8;1-5(2,7)6(3,4)8/h3-6H,7H2,1-2H3;7-8H,1-4H3. The molecular formula is C14H26O2. The fourth-order valence-electron chi connectivity index (χ4n) is 0.834. The molecule has 2 N–H and O–H groups in total. The third-order valence-electron chi connectivity index (χ3n) is 2.94. The average Bonchev–Trinajstić information content (AvgIpc) is 2.00. The van der Waals surface area contributed by atoms with E-state index in [1.54, 1.807) is 27.7 Å². The van der Waals surface area contributed by atoms with E-state index in [1.165, 1.54) is 6.42 Å². The Hall–Kier alpha value is -0.600. The Balaban J connectivity index is 0.000000281. The molecule has 16 heavy (non-hydrogen) atoms. The Bertz CT molecular complexity index is 247. The number of hydrogen-bond acceptors (Lipinski definition) is 2. The van der Waals surface area contributed by atoms with Crippen LogP contribution in [0.5, 0.6) is 0 Å². The molecule has 0 spiro atoms. The predicted octanol–water partition coefficient (Wildman–Crippen LogP) is 3.06. The monoisotopic (exact) mass is 226 g/mol. The van der Waals surface area contributed by atoms with E-state index in [-0.39, 0.29) is 0 Å². The van der Waals surface area contributed by atoms with Gasteiger partial charge in [-0.1, -0.05) is 38.2 Å². The van der Waals surface area contributed by atoms with Gasteiger partial charge < -0.3 is 10.2 Å². The first-order valence-corrected chi connectivity index (χ1v) is 5.75. The maximum absolute atomic E-state index is 9.10. The lowest BCUT2D eigenvalue weighted by atomic mass is 9.86. The zero-order chi connectivity index (χ0) is 13.0. The Morgan fingerprint density at radius 2 is 1.38 bits per heavy atom. The Morgan fingerprint density at radius 1 is 0.938 bits per heavy atom. The van der Waals surface area contributed by atoms with Crippen LogP contribution in [-0.4, -0.2) is 21.4 Å². The van der Waals surface area contributed by atoms with Crippen molar-refractivity contribution >= 4 is 0 Å². The van der Waals surface area contributed by atoms with Gasteiger partial charge >= 0.3 is 0 Å². The molecule has 2 heteroatoms. The van der Waals surface area contributed by atoms with Crippen LogP contribution < -0.4 is 0 Å². The zero-order valence-corrected chi connectivity index (χ0v) is 11.4. The van der Waals surface area contributed by atoms with Gasteiger partial charge in [0.25, 0.3) is 0 Å². The van der Waals surface area contributed by atoms with Crippen molar-refractivity contribution in [2.75, 3.05) is 0 Å². The molecule has 0 unspecified atom stereocenters. The molecule has 1 aliphatic carbocycles. The molecule has 0 fully saturated rings. The van der Waals surface area contributed by atoms with Crippen LogP contribution >= 0.6 is 0 Å². The molecule has 0 radical (unpaired) electrons. The molecule has 0 amide bonds. The highest BCUT2D eigenvalue weighted by molar-refractivity contribution is 5.14. The summed E-state index contributed by atoms with van der Waals surface area (Å²) in [6, 6.07) is 0. The van der Waals surface area contributed by atoms with E-state index in [1.807, 2.05) is 0 Å². The summed E-state index contributed by atoms with van der Waals surface area (Å²) in [5.41, 5.74) is -1.60. The second-order valence-electron chi connectivity index (χ2n) is 6.10. The highest BCUT2D eigenvalue weighted by Gasteiger charge is 2.31. The van der Waals surface area contributed by atoms with Crippen LogP contribution in [0.15, 0.2) is 24.3 Å². The highest BCUT2D eigenvalue weighted by Crippen LogP contribution is 2.24. The topological polar surface area (TPSA) is 40.5 Å². The van der Waals surface area contributed by atoms with E-state index in [9.17, 15) is 0 Å². The van der Waals surface area contributed by atoms with Crippen LogP contribution in [0.25, 0.3) is 0 Å². The van der Waals surface area contributed by atoms with Crippen LogP contribution in [-0.2, 0) is 0 Å². The summed E-state index contributed by atoms with van der Waals surface area (Å²) >= 11 is 0. The van der Waals surface area contributed by atoms with E-state index < -0.39 is 11.2 Å². The second-order valence-corrected chi connectivity index (χ2v) is 6.10. The predicted molar refractivity (Wildman–Crippen MR) is 69.3 cm³/mol. The Morgan fingerprint density at radius 3 is 1.50 bits per heavy atom. The smallest absolute Gasteiger partial charge is 0.0872 e. The van der Waals surface area contributed by atoms with Crippen molar-refractivity contribution in [2.24, 2.45) is 5.41 Å². The third kappa shape index (κ3) is 6.09. The molecule has 0 saturated carbocycles. The van der Waals surface area contributed by atoms with Gasteiger partial charge in [0.2, 0.25) is 0 Å². The van der Waals surface area contributed by atoms with Gasteiger partial charge in [0.15, 0.2) is 0 Å². The summed E-state index contributed by atoms with van der Waals surface area (Å²) in [5, 5.41) is 18.2. The van der Waals surface area contributed by atoms with Gasteiger partial charge in [0.1, 0.15) is 0 Å². The Labute approximate surface area is 99.7 Å². The largest absolute Gasteiger partial charge is 0.387 e. The third-order valence-corrected chi connectivity index (χ3v) is 2.94. The minimum absolute atomic E-state index is 0.411. The van der Waals surface area contributed by atoms with Crippen LogP contribution in [0, 0.1) is 5.41 Å². The molecule has 94 valence electrons. The van der Waals surface area contributed by atoms with Crippen molar-refractivity contribution in [3.05, 3.63) is 24.3 Å². The number of allylic oxidation sites excluding steroid dienone is 4. The molecule has 0 bridgehead atoms. The first-order chi connectivity index (χ1) is 6.96. The summed E-state index contributed by atoms with van der Waals surface area (Å²) in [7, 11) is 0. The average molecular weight is 226 g/mol. The molecule has 2 nitrogen and oxygen atoms in total. The summed E-state index contributed by atoms with van der Waals surface area (Å²) in [5.74, 6) is 0. The fourth-order valence-corrected chi connectivity index (χ4v) is 0.834. The zero-order valence-electron chi connectivity index (χ0n) is 11.4. The summed E-state index contributed by atoms with van der Waals surface area (Å²) in [4.78, 5) is 0. The van der Waals surface area contributed by atoms with Gasteiger partial charge in [-0.05, 0) is 39.5 Å². The lowest BCUT2D eigenvalue weighted by Gasteiger charge is -2.31. The van der Waals surface area contributed by atoms with Crippen molar-refractivity contribution in [3.8, 4) is 0 Å². The van der Waals surface area contributed by atoms with Crippen LogP contribution in [0.1, 0.15) is 48.0 Å². The molecule has 0 heterocycles. The lowest BCUT2D eigenvalue weighted by Crippen LogP contribution is -2.44. The summed E-state index contributed by atoms with van der Waals surface area (Å²) < 4.78 is 0.